The van der Waals surface area contributed by atoms with Gasteiger partial charge >= 0.3 is 0 Å². The summed E-state index contributed by atoms with van der Waals surface area (Å²) in [5.41, 5.74) is 0. The van der Waals surface area contributed by atoms with Crippen LogP contribution in [0.5, 0.6) is 0 Å². The van der Waals surface area contributed by atoms with Gasteiger partial charge in [-0.1, -0.05) is 11.6 Å². The highest BCUT2D eigenvalue weighted by molar-refractivity contribution is 7.91. The van der Waals surface area contributed by atoms with Gasteiger partial charge in [0.1, 0.15) is 5.82 Å². The van der Waals surface area contributed by atoms with E-state index < -0.39 is 10.0 Å². The molecule has 1 atom stereocenters. The number of sulfonamides is 1. The average Bonchev–Trinajstić information content (AvgIpc) is 3.08. The number of aromatic nitrogens is 2. The van der Waals surface area contributed by atoms with Crippen molar-refractivity contribution < 1.29 is 8.42 Å². The van der Waals surface area contributed by atoms with Crippen LogP contribution in [0.1, 0.15) is 11.9 Å². The molecule has 0 saturated carbocycles. The number of piperazine rings is 1. The third-order valence-electron chi connectivity index (χ3n) is 3.93. The largest absolute Gasteiger partial charge is 0.337 e. The van der Waals surface area contributed by atoms with Crippen molar-refractivity contribution in [2.75, 3.05) is 26.7 Å². The first-order valence-electron chi connectivity index (χ1n) is 6.82. The van der Waals surface area contributed by atoms with Gasteiger partial charge in [-0.15, -0.1) is 11.3 Å². The van der Waals surface area contributed by atoms with Gasteiger partial charge in [0.15, 0.2) is 4.21 Å². The highest BCUT2D eigenvalue weighted by Gasteiger charge is 2.36. The summed E-state index contributed by atoms with van der Waals surface area (Å²) < 4.78 is 29.2. The lowest BCUT2D eigenvalue weighted by molar-refractivity contribution is 0.140. The molecule has 0 radical (unpaired) electrons. The summed E-state index contributed by atoms with van der Waals surface area (Å²) in [5, 5.41) is 1.99. The van der Waals surface area contributed by atoms with Gasteiger partial charge in [0.2, 0.25) is 0 Å². The van der Waals surface area contributed by atoms with Crippen LogP contribution < -0.4 is 0 Å². The Bertz CT molecular complexity index is 771. The molecule has 0 aliphatic carbocycles. The van der Waals surface area contributed by atoms with Gasteiger partial charge < -0.3 is 4.57 Å². The molecule has 120 valence electrons. The molecule has 1 aliphatic rings. The minimum Gasteiger partial charge on any atom is -0.337 e. The Kier molecular flexibility index (Phi) is 4.30. The van der Waals surface area contributed by atoms with Gasteiger partial charge in [0, 0.05) is 39.1 Å². The number of hydrogen-bond acceptors (Lipinski definition) is 5. The summed E-state index contributed by atoms with van der Waals surface area (Å²) in [5.74, 6) is 0.861. The van der Waals surface area contributed by atoms with E-state index >= 15 is 0 Å². The summed E-state index contributed by atoms with van der Waals surface area (Å²) in [6, 6.07) is 1.55. The average molecular weight is 361 g/mol. The minimum atomic E-state index is -3.55. The lowest BCUT2D eigenvalue weighted by Crippen LogP contribution is -2.49. The lowest BCUT2D eigenvalue weighted by Gasteiger charge is -2.38. The molecule has 0 N–H and O–H groups in total. The second-order valence-corrected chi connectivity index (χ2v) is 8.77. The van der Waals surface area contributed by atoms with E-state index in [1.807, 2.05) is 24.9 Å². The molecule has 0 amide bonds. The van der Waals surface area contributed by atoms with Crippen molar-refractivity contribution in [1.82, 2.24) is 18.8 Å². The van der Waals surface area contributed by atoms with E-state index in [0.29, 0.717) is 19.6 Å². The number of likely N-dealkylation sites (N-methyl/N-ethyl adjacent to an activating group) is 1. The summed E-state index contributed by atoms with van der Waals surface area (Å²) in [7, 11) is 0.351. The zero-order chi connectivity index (χ0) is 15.9. The predicted molar refractivity (Wildman–Crippen MR) is 86.7 cm³/mol. The topological polar surface area (TPSA) is 58.4 Å². The fourth-order valence-corrected chi connectivity index (χ4v) is 5.88. The number of hydrogen-bond donors (Lipinski definition) is 0. The molecule has 3 heterocycles. The summed E-state index contributed by atoms with van der Waals surface area (Å²) in [4.78, 5) is 6.49. The maximum absolute atomic E-state index is 12.8. The SMILES string of the molecule is CN1CCN(S(=O)(=O)c2sccc2Cl)CC1c1nccn1C. The van der Waals surface area contributed by atoms with Gasteiger partial charge in [-0.25, -0.2) is 13.4 Å². The van der Waals surface area contributed by atoms with E-state index in [4.69, 9.17) is 11.6 Å². The van der Waals surface area contributed by atoms with Crippen LogP contribution in [0.15, 0.2) is 28.0 Å². The van der Waals surface area contributed by atoms with E-state index in [1.165, 1.54) is 4.31 Å². The van der Waals surface area contributed by atoms with E-state index in [1.54, 1.807) is 17.6 Å². The maximum atomic E-state index is 12.8. The third kappa shape index (κ3) is 2.69. The van der Waals surface area contributed by atoms with Gasteiger partial charge in [0.05, 0.1) is 11.1 Å². The Balaban J connectivity index is 1.91. The van der Waals surface area contributed by atoms with E-state index in [9.17, 15) is 8.42 Å². The molecule has 2 aromatic rings. The molecule has 0 bridgehead atoms. The Hall–Kier alpha value is -0.930. The van der Waals surface area contributed by atoms with Crippen molar-refractivity contribution in [3.05, 3.63) is 34.7 Å². The van der Waals surface area contributed by atoms with Crippen LogP contribution in [0, 0.1) is 0 Å². The quantitative estimate of drug-likeness (QED) is 0.837. The van der Waals surface area contributed by atoms with Crippen LogP contribution >= 0.6 is 22.9 Å². The van der Waals surface area contributed by atoms with E-state index in [2.05, 4.69) is 9.88 Å². The summed E-state index contributed by atoms with van der Waals surface area (Å²) in [6.07, 6.45) is 3.60. The lowest BCUT2D eigenvalue weighted by atomic mass is 10.2. The van der Waals surface area contributed by atoms with Crippen molar-refractivity contribution in [3.63, 3.8) is 0 Å². The van der Waals surface area contributed by atoms with Gasteiger partial charge in [-0.05, 0) is 18.5 Å². The van der Waals surface area contributed by atoms with Crippen molar-refractivity contribution in [2.24, 2.45) is 7.05 Å². The molecule has 1 unspecified atom stereocenters. The minimum absolute atomic E-state index is 0.0673. The smallest absolute Gasteiger partial charge is 0.254 e. The Morgan fingerprint density at radius 3 is 2.73 bits per heavy atom. The predicted octanol–water partition coefficient (Wildman–Crippen LogP) is 1.81. The van der Waals surface area contributed by atoms with Crippen LogP contribution in [0.4, 0.5) is 0 Å². The molecule has 1 saturated heterocycles. The van der Waals surface area contributed by atoms with Crippen molar-refractivity contribution in [1.29, 1.82) is 0 Å². The van der Waals surface area contributed by atoms with Gasteiger partial charge in [-0.2, -0.15) is 4.31 Å². The molecule has 22 heavy (non-hydrogen) atoms. The van der Waals surface area contributed by atoms with E-state index in [0.717, 1.165) is 17.2 Å². The van der Waals surface area contributed by atoms with Crippen molar-refractivity contribution in [2.45, 2.75) is 10.3 Å². The number of aryl methyl sites for hydroxylation is 1. The van der Waals surface area contributed by atoms with Crippen LogP contribution in [0.3, 0.4) is 0 Å². The van der Waals surface area contributed by atoms with E-state index in [-0.39, 0.29) is 15.3 Å². The van der Waals surface area contributed by atoms with Crippen LogP contribution in [-0.2, 0) is 17.1 Å². The number of thiophene rings is 1. The fourth-order valence-electron chi connectivity index (χ4n) is 2.63. The van der Waals surface area contributed by atoms with Crippen LogP contribution in [-0.4, -0.2) is 53.9 Å². The molecule has 2 aromatic heterocycles. The Morgan fingerprint density at radius 1 is 1.36 bits per heavy atom. The Labute approximate surface area is 139 Å². The first-order chi connectivity index (χ1) is 10.4. The molecular formula is C13H17ClN4O2S2. The number of imidazole rings is 1. The van der Waals surface area contributed by atoms with Crippen molar-refractivity contribution >= 4 is 33.0 Å². The standard InChI is InChI=1S/C13H17ClN4O2S2/c1-16-6-7-18(9-11(16)12-15-4-5-17(12)2)22(19,20)13-10(14)3-8-21-13/h3-5,8,11H,6-7,9H2,1-2H3. The highest BCUT2D eigenvalue weighted by atomic mass is 35.5. The Morgan fingerprint density at radius 2 is 2.14 bits per heavy atom. The monoisotopic (exact) mass is 360 g/mol. The molecular weight excluding hydrogens is 344 g/mol. The molecule has 1 fully saturated rings. The summed E-state index contributed by atoms with van der Waals surface area (Å²) in [6.45, 7) is 1.48. The molecule has 9 heteroatoms. The van der Waals surface area contributed by atoms with Gasteiger partial charge in [-0.3, -0.25) is 4.90 Å². The van der Waals surface area contributed by atoms with Crippen molar-refractivity contribution in [3.8, 4) is 0 Å². The van der Waals surface area contributed by atoms with Crippen LogP contribution in [0.2, 0.25) is 5.02 Å². The number of nitrogens with zero attached hydrogens (tertiary/aromatic N) is 4. The molecule has 6 nitrogen and oxygen atoms in total. The molecule has 3 rings (SSSR count). The maximum Gasteiger partial charge on any atom is 0.254 e. The molecule has 1 aliphatic heterocycles. The fraction of sp³-hybridized carbons (Fsp3) is 0.462. The van der Waals surface area contributed by atoms with Gasteiger partial charge in [0.25, 0.3) is 10.0 Å². The zero-order valence-electron chi connectivity index (χ0n) is 12.3. The highest BCUT2D eigenvalue weighted by Crippen LogP contribution is 2.32. The first-order valence-corrected chi connectivity index (χ1v) is 9.51. The molecule has 0 aromatic carbocycles. The summed E-state index contributed by atoms with van der Waals surface area (Å²) >= 11 is 7.17. The second kappa shape index (κ2) is 5.93. The number of rotatable bonds is 3. The normalized spacial score (nSPS) is 21.3. The molecule has 0 spiro atoms. The zero-order valence-corrected chi connectivity index (χ0v) is 14.7. The number of halogens is 1. The second-order valence-electron chi connectivity index (χ2n) is 5.31. The van der Waals surface area contributed by atoms with Crippen LogP contribution in [0.25, 0.3) is 0 Å². The first kappa shape index (κ1) is 15.9. The third-order valence-corrected chi connectivity index (χ3v) is 7.79.